The van der Waals surface area contributed by atoms with Gasteiger partial charge in [0, 0.05) is 13.1 Å². The highest BCUT2D eigenvalue weighted by molar-refractivity contribution is 5.35. The van der Waals surface area contributed by atoms with Crippen LogP contribution in [0.4, 0.5) is 5.82 Å². The molecule has 0 saturated heterocycles. The molecule has 19 heavy (non-hydrogen) atoms. The minimum Gasteiger partial charge on any atom is -0.390 e. The molecular weight excluding hydrogens is 240 g/mol. The minimum absolute atomic E-state index is 0.0542. The molecule has 1 aromatic rings. The van der Waals surface area contributed by atoms with E-state index < -0.39 is 0 Å². The lowest BCUT2D eigenvalue weighted by Gasteiger charge is -2.24. The van der Waals surface area contributed by atoms with Crippen LogP contribution in [0.1, 0.15) is 32.9 Å². The molecule has 0 aliphatic rings. The van der Waals surface area contributed by atoms with Crippen LogP contribution in [0, 0.1) is 0 Å². The predicted octanol–water partition coefficient (Wildman–Crippen LogP) is 1.53. The Bertz CT molecular complexity index is 338. The normalized spacial score (nSPS) is 11.0. The van der Waals surface area contributed by atoms with Crippen LogP contribution in [0.15, 0.2) is 12.4 Å². The highest BCUT2D eigenvalue weighted by Gasteiger charge is 2.07. The van der Waals surface area contributed by atoms with Gasteiger partial charge in [-0.25, -0.2) is 4.98 Å². The largest absolute Gasteiger partial charge is 0.390 e. The first-order valence-electron chi connectivity index (χ1n) is 7.14. The van der Waals surface area contributed by atoms with E-state index in [0.717, 1.165) is 45.0 Å². The second kappa shape index (κ2) is 8.82. The van der Waals surface area contributed by atoms with Crippen molar-refractivity contribution in [1.82, 2.24) is 14.9 Å². The maximum Gasteiger partial charge on any atom is 0.147 e. The second-order valence-corrected chi connectivity index (χ2v) is 4.48. The second-order valence-electron chi connectivity index (χ2n) is 4.48. The summed E-state index contributed by atoms with van der Waals surface area (Å²) in [5, 5.41) is 8.96. The van der Waals surface area contributed by atoms with Crippen molar-refractivity contribution in [3.63, 3.8) is 0 Å². The van der Waals surface area contributed by atoms with Gasteiger partial charge in [0.1, 0.15) is 5.82 Å². The molecule has 0 aliphatic heterocycles. The number of aliphatic hydroxyl groups excluding tert-OH is 1. The predicted molar refractivity (Wildman–Crippen MR) is 78.2 cm³/mol. The van der Waals surface area contributed by atoms with E-state index in [0.29, 0.717) is 5.69 Å². The van der Waals surface area contributed by atoms with Crippen LogP contribution >= 0.6 is 0 Å². The van der Waals surface area contributed by atoms with Crippen LogP contribution < -0.4 is 4.90 Å². The molecule has 1 N–H and O–H groups in total. The molecular formula is C14H26N4O. The molecule has 1 heterocycles. The minimum atomic E-state index is -0.0542. The fourth-order valence-corrected chi connectivity index (χ4v) is 2.05. The molecule has 0 spiro atoms. The van der Waals surface area contributed by atoms with Crippen molar-refractivity contribution in [2.45, 2.75) is 33.8 Å². The van der Waals surface area contributed by atoms with Crippen molar-refractivity contribution in [1.29, 1.82) is 0 Å². The molecule has 0 aliphatic carbocycles. The van der Waals surface area contributed by atoms with Crippen molar-refractivity contribution in [3.05, 3.63) is 18.1 Å². The lowest BCUT2D eigenvalue weighted by molar-refractivity contribution is 0.276. The average Bonchev–Trinajstić information content (AvgIpc) is 2.48. The van der Waals surface area contributed by atoms with Gasteiger partial charge in [-0.2, -0.15) is 0 Å². The maximum absolute atomic E-state index is 8.96. The number of hydrogen-bond donors (Lipinski definition) is 1. The molecule has 0 bridgehead atoms. The molecule has 5 heteroatoms. The first kappa shape index (κ1) is 15.9. The summed E-state index contributed by atoms with van der Waals surface area (Å²) in [4.78, 5) is 13.2. The number of aliphatic hydroxyl groups is 1. The number of aromatic nitrogens is 2. The molecule has 0 fully saturated rings. The third-order valence-corrected chi connectivity index (χ3v) is 3.36. The van der Waals surface area contributed by atoms with E-state index in [2.05, 4.69) is 40.5 Å². The Balaban J connectivity index is 2.48. The van der Waals surface area contributed by atoms with Crippen LogP contribution in [-0.4, -0.2) is 52.7 Å². The van der Waals surface area contributed by atoms with Gasteiger partial charge in [-0.15, -0.1) is 0 Å². The number of anilines is 1. The summed E-state index contributed by atoms with van der Waals surface area (Å²) < 4.78 is 0. The van der Waals surface area contributed by atoms with Crippen LogP contribution in [0.2, 0.25) is 0 Å². The Morgan fingerprint density at radius 3 is 2.21 bits per heavy atom. The number of hydrogen-bond acceptors (Lipinski definition) is 5. The molecule has 0 saturated carbocycles. The Labute approximate surface area is 116 Å². The van der Waals surface area contributed by atoms with Crippen LogP contribution in [0.3, 0.4) is 0 Å². The number of rotatable bonds is 9. The lowest BCUT2D eigenvalue weighted by atomic mass is 10.3. The highest BCUT2D eigenvalue weighted by Crippen LogP contribution is 2.09. The van der Waals surface area contributed by atoms with Crippen LogP contribution in [0.25, 0.3) is 0 Å². The zero-order valence-electron chi connectivity index (χ0n) is 12.3. The standard InChI is InChI=1S/C14H26N4O/c1-4-17(5-2)8-7-9-18(6-3)14-11-15-13(12-19)10-16-14/h10-11,19H,4-9,12H2,1-3H3. The molecule has 5 nitrogen and oxygen atoms in total. The zero-order valence-corrected chi connectivity index (χ0v) is 12.3. The van der Waals surface area contributed by atoms with E-state index in [4.69, 9.17) is 5.11 Å². The molecule has 108 valence electrons. The van der Waals surface area contributed by atoms with Gasteiger partial charge < -0.3 is 14.9 Å². The van der Waals surface area contributed by atoms with Gasteiger partial charge in [0.05, 0.1) is 24.7 Å². The van der Waals surface area contributed by atoms with E-state index in [-0.39, 0.29) is 6.61 Å². The van der Waals surface area contributed by atoms with Gasteiger partial charge in [-0.3, -0.25) is 4.98 Å². The summed E-state index contributed by atoms with van der Waals surface area (Å²) in [7, 11) is 0. The Kier molecular flexibility index (Phi) is 7.36. The SMILES string of the molecule is CCN(CC)CCCN(CC)c1cnc(CO)cn1. The molecule has 0 atom stereocenters. The van der Waals surface area contributed by atoms with E-state index >= 15 is 0 Å². The third kappa shape index (κ3) is 5.12. The lowest BCUT2D eigenvalue weighted by Crippen LogP contribution is -2.30. The van der Waals surface area contributed by atoms with Gasteiger partial charge in [0.2, 0.25) is 0 Å². The van der Waals surface area contributed by atoms with E-state index in [1.165, 1.54) is 0 Å². The van der Waals surface area contributed by atoms with E-state index in [9.17, 15) is 0 Å². The average molecular weight is 266 g/mol. The molecule has 1 rings (SSSR count). The van der Waals surface area contributed by atoms with Gasteiger partial charge in [-0.1, -0.05) is 13.8 Å². The third-order valence-electron chi connectivity index (χ3n) is 3.36. The summed E-state index contributed by atoms with van der Waals surface area (Å²) in [5.41, 5.74) is 0.614. The Hall–Kier alpha value is -1.20. The fraction of sp³-hybridized carbons (Fsp3) is 0.714. The first-order chi connectivity index (χ1) is 9.24. The van der Waals surface area contributed by atoms with Crippen LogP contribution in [0.5, 0.6) is 0 Å². The molecule has 0 amide bonds. The van der Waals surface area contributed by atoms with Crippen molar-refractivity contribution in [2.24, 2.45) is 0 Å². The highest BCUT2D eigenvalue weighted by atomic mass is 16.3. The van der Waals surface area contributed by atoms with Crippen molar-refractivity contribution in [2.75, 3.05) is 37.6 Å². The summed E-state index contributed by atoms with van der Waals surface area (Å²) in [6.07, 6.45) is 4.51. The zero-order chi connectivity index (χ0) is 14.1. The van der Waals surface area contributed by atoms with Gasteiger partial charge >= 0.3 is 0 Å². The molecule has 0 unspecified atom stereocenters. The first-order valence-corrected chi connectivity index (χ1v) is 7.14. The van der Waals surface area contributed by atoms with Crippen molar-refractivity contribution in [3.8, 4) is 0 Å². The molecule has 0 radical (unpaired) electrons. The fourth-order valence-electron chi connectivity index (χ4n) is 2.05. The summed E-state index contributed by atoms with van der Waals surface area (Å²) in [5.74, 6) is 0.888. The monoisotopic (exact) mass is 266 g/mol. The topological polar surface area (TPSA) is 52.5 Å². The molecule has 1 aromatic heterocycles. The van der Waals surface area contributed by atoms with Gasteiger partial charge in [-0.05, 0) is 33.0 Å². The summed E-state index contributed by atoms with van der Waals surface area (Å²) >= 11 is 0. The smallest absolute Gasteiger partial charge is 0.147 e. The van der Waals surface area contributed by atoms with E-state index in [1.54, 1.807) is 12.4 Å². The molecule has 0 aromatic carbocycles. The quantitative estimate of drug-likeness (QED) is 0.734. The summed E-state index contributed by atoms with van der Waals surface area (Å²) in [6, 6.07) is 0. The Morgan fingerprint density at radius 1 is 1.00 bits per heavy atom. The van der Waals surface area contributed by atoms with Crippen LogP contribution in [-0.2, 0) is 6.61 Å². The summed E-state index contributed by atoms with van der Waals surface area (Å²) in [6.45, 7) is 11.7. The number of nitrogens with zero attached hydrogens (tertiary/aromatic N) is 4. The van der Waals surface area contributed by atoms with Gasteiger partial charge in [0.25, 0.3) is 0 Å². The van der Waals surface area contributed by atoms with E-state index in [1.807, 2.05) is 0 Å². The van der Waals surface area contributed by atoms with Crippen molar-refractivity contribution < 1.29 is 5.11 Å². The Morgan fingerprint density at radius 2 is 1.74 bits per heavy atom. The van der Waals surface area contributed by atoms with Crippen molar-refractivity contribution >= 4 is 5.82 Å². The maximum atomic E-state index is 8.96. The van der Waals surface area contributed by atoms with Gasteiger partial charge in [0.15, 0.2) is 0 Å².